The quantitative estimate of drug-likeness (QED) is 0.851. The van der Waals surface area contributed by atoms with Crippen LogP contribution in [0, 0.1) is 5.92 Å². The van der Waals surface area contributed by atoms with Crippen molar-refractivity contribution in [3.8, 4) is 0 Å². The Morgan fingerprint density at radius 3 is 2.71 bits per heavy atom. The van der Waals surface area contributed by atoms with Gasteiger partial charge in [-0.25, -0.2) is 4.98 Å². The number of amides is 2. The molecule has 2 fully saturated rings. The molecule has 28 heavy (non-hydrogen) atoms. The van der Waals surface area contributed by atoms with E-state index in [0.717, 1.165) is 38.5 Å². The van der Waals surface area contributed by atoms with Crippen molar-refractivity contribution in [2.75, 3.05) is 0 Å². The highest BCUT2D eigenvalue weighted by atomic mass is 32.1. The Hall–Kier alpha value is -2.22. The lowest BCUT2D eigenvalue weighted by molar-refractivity contribution is -0.126. The molecule has 0 aliphatic carbocycles. The second kappa shape index (κ2) is 7.66. The van der Waals surface area contributed by atoms with E-state index in [-0.39, 0.29) is 47.0 Å². The first-order chi connectivity index (χ1) is 13.5. The topological polar surface area (TPSA) is 83.8 Å². The molecule has 4 atom stereocenters. The minimum Gasteiger partial charge on any atom is -0.353 e. The molecule has 2 aliphatic heterocycles. The molecule has 2 bridgehead atoms. The number of thiazole rings is 1. The lowest BCUT2D eigenvalue weighted by atomic mass is 9.81. The van der Waals surface area contributed by atoms with Gasteiger partial charge in [0.05, 0.1) is 0 Å². The minimum absolute atomic E-state index is 0.00274. The third-order valence-corrected chi connectivity index (χ3v) is 6.96. The number of nitrogens with zero attached hydrogens (tertiary/aromatic N) is 3. The average molecular weight is 403 g/mol. The highest BCUT2D eigenvalue weighted by molar-refractivity contribution is 7.15. The maximum atomic E-state index is 13.3. The van der Waals surface area contributed by atoms with Crippen LogP contribution >= 0.6 is 11.3 Å². The molecule has 2 aliphatic rings. The van der Waals surface area contributed by atoms with Crippen LogP contribution in [0.3, 0.4) is 0 Å². The summed E-state index contributed by atoms with van der Waals surface area (Å²) in [7, 11) is 0. The maximum Gasteiger partial charge on any atom is 0.271 e. The molecule has 2 unspecified atom stereocenters. The van der Waals surface area contributed by atoms with Crippen molar-refractivity contribution in [3.05, 3.63) is 33.7 Å². The number of rotatable bonds is 4. The standard InChI is InChI=1S/C20H26N4O3S/c1-3-12(2)17(25)22-13-9-14-5-4-6-15(10-13)24(14)19(27)16-11-21-20-23(18(16)26)7-8-28-20/h7-8,11-15H,3-6,9-10H2,1-2H3,(H,22,25)/t12?,13?,14-,15+. The summed E-state index contributed by atoms with van der Waals surface area (Å²) in [4.78, 5) is 45.1. The smallest absolute Gasteiger partial charge is 0.271 e. The van der Waals surface area contributed by atoms with Crippen LogP contribution in [-0.2, 0) is 4.79 Å². The summed E-state index contributed by atoms with van der Waals surface area (Å²) in [6.07, 6.45) is 8.29. The van der Waals surface area contributed by atoms with E-state index in [0.29, 0.717) is 4.96 Å². The number of carbonyl (C=O) groups excluding carboxylic acids is 2. The SMILES string of the molecule is CCC(C)C(=O)NC1C[C@H]2CCC[C@@H](C1)N2C(=O)c1cnc2sccn2c1=O. The van der Waals surface area contributed by atoms with E-state index in [2.05, 4.69) is 10.3 Å². The molecule has 0 spiro atoms. The van der Waals surface area contributed by atoms with Crippen molar-refractivity contribution >= 4 is 28.1 Å². The van der Waals surface area contributed by atoms with Gasteiger partial charge in [-0.2, -0.15) is 0 Å². The molecule has 2 aromatic heterocycles. The molecule has 2 aromatic rings. The molecular weight excluding hydrogens is 376 g/mol. The number of hydrogen-bond donors (Lipinski definition) is 1. The van der Waals surface area contributed by atoms with Gasteiger partial charge in [0.15, 0.2) is 4.96 Å². The molecule has 7 nitrogen and oxygen atoms in total. The summed E-state index contributed by atoms with van der Waals surface area (Å²) in [6, 6.07) is 0.217. The number of carbonyl (C=O) groups is 2. The van der Waals surface area contributed by atoms with E-state index in [1.54, 1.807) is 11.6 Å². The van der Waals surface area contributed by atoms with Crippen molar-refractivity contribution in [1.29, 1.82) is 0 Å². The van der Waals surface area contributed by atoms with E-state index >= 15 is 0 Å². The van der Waals surface area contributed by atoms with Crippen LogP contribution in [-0.4, -0.2) is 44.2 Å². The highest BCUT2D eigenvalue weighted by Crippen LogP contribution is 2.35. The van der Waals surface area contributed by atoms with Gasteiger partial charge in [0.2, 0.25) is 5.91 Å². The van der Waals surface area contributed by atoms with Gasteiger partial charge >= 0.3 is 0 Å². The first-order valence-electron chi connectivity index (χ1n) is 10.1. The number of nitrogens with one attached hydrogen (secondary N) is 1. The van der Waals surface area contributed by atoms with Crippen LogP contribution in [0.15, 0.2) is 22.6 Å². The van der Waals surface area contributed by atoms with Crippen molar-refractivity contribution in [3.63, 3.8) is 0 Å². The van der Waals surface area contributed by atoms with Gasteiger partial charge in [-0.1, -0.05) is 13.8 Å². The van der Waals surface area contributed by atoms with E-state index < -0.39 is 0 Å². The molecule has 8 heteroatoms. The Balaban J connectivity index is 1.55. The Labute approximate surface area is 167 Å². The first kappa shape index (κ1) is 19.1. The van der Waals surface area contributed by atoms with Crippen molar-refractivity contribution in [2.24, 2.45) is 5.92 Å². The van der Waals surface area contributed by atoms with Gasteiger partial charge in [0.25, 0.3) is 11.5 Å². The average Bonchev–Trinajstić information content (AvgIpc) is 3.16. The Kier molecular flexibility index (Phi) is 5.23. The summed E-state index contributed by atoms with van der Waals surface area (Å²) in [5, 5.41) is 4.97. The van der Waals surface area contributed by atoms with E-state index in [9.17, 15) is 14.4 Å². The lowest BCUT2D eigenvalue weighted by Crippen LogP contribution is -2.59. The summed E-state index contributed by atoms with van der Waals surface area (Å²) in [5.74, 6) is -0.127. The second-order valence-corrected chi connectivity index (χ2v) is 8.84. The zero-order valence-corrected chi connectivity index (χ0v) is 17.1. The predicted molar refractivity (Wildman–Crippen MR) is 108 cm³/mol. The fraction of sp³-hybridized carbons (Fsp3) is 0.600. The van der Waals surface area contributed by atoms with Crippen molar-refractivity contribution in [2.45, 2.75) is 70.5 Å². The number of hydrogen-bond acceptors (Lipinski definition) is 5. The Morgan fingerprint density at radius 1 is 1.32 bits per heavy atom. The Bertz CT molecular complexity index is 938. The van der Waals surface area contributed by atoms with E-state index in [1.807, 2.05) is 18.7 Å². The van der Waals surface area contributed by atoms with Gasteiger partial charge in [-0.3, -0.25) is 18.8 Å². The molecule has 2 amide bonds. The van der Waals surface area contributed by atoms with Crippen LogP contribution in [0.1, 0.15) is 62.7 Å². The largest absolute Gasteiger partial charge is 0.353 e. The van der Waals surface area contributed by atoms with Gasteiger partial charge in [0, 0.05) is 41.8 Å². The van der Waals surface area contributed by atoms with Gasteiger partial charge in [-0.15, -0.1) is 11.3 Å². The molecule has 4 heterocycles. The number of fused-ring (bicyclic) bond motifs is 3. The number of piperidine rings is 2. The van der Waals surface area contributed by atoms with Crippen LogP contribution in [0.5, 0.6) is 0 Å². The lowest BCUT2D eigenvalue weighted by Gasteiger charge is -2.49. The summed E-state index contributed by atoms with van der Waals surface area (Å²) >= 11 is 1.37. The van der Waals surface area contributed by atoms with Crippen LogP contribution in [0.25, 0.3) is 4.96 Å². The fourth-order valence-electron chi connectivity index (χ4n) is 4.47. The summed E-state index contributed by atoms with van der Waals surface area (Å²) in [6.45, 7) is 3.95. The zero-order valence-electron chi connectivity index (χ0n) is 16.3. The molecule has 1 N–H and O–H groups in total. The van der Waals surface area contributed by atoms with Gasteiger partial charge in [0.1, 0.15) is 5.56 Å². The molecule has 2 saturated heterocycles. The minimum atomic E-state index is -0.304. The van der Waals surface area contributed by atoms with Gasteiger partial charge < -0.3 is 10.2 Å². The third kappa shape index (κ3) is 3.34. The monoisotopic (exact) mass is 402 g/mol. The first-order valence-corrected chi connectivity index (χ1v) is 11.0. The molecule has 0 aromatic carbocycles. The second-order valence-electron chi connectivity index (χ2n) is 7.97. The normalized spacial score (nSPS) is 25.5. The molecule has 4 rings (SSSR count). The van der Waals surface area contributed by atoms with Crippen LogP contribution < -0.4 is 10.9 Å². The predicted octanol–water partition coefficient (Wildman–Crippen LogP) is 2.44. The van der Waals surface area contributed by atoms with Gasteiger partial charge in [-0.05, 0) is 38.5 Å². The van der Waals surface area contributed by atoms with Crippen LogP contribution in [0.4, 0.5) is 0 Å². The molecule has 150 valence electrons. The third-order valence-electron chi connectivity index (χ3n) is 6.19. The van der Waals surface area contributed by atoms with E-state index in [4.69, 9.17) is 0 Å². The van der Waals surface area contributed by atoms with Crippen LogP contribution in [0.2, 0.25) is 0 Å². The molecule has 0 saturated carbocycles. The zero-order chi connectivity index (χ0) is 19.8. The van der Waals surface area contributed by atoms with Crippen molar-refractivity contribution < 1.29 is 9.59 Å². The Morgan fingerprint density at radius 2 is 2.04 bits per heavy atom. The van der Waals surface area contributed by atoms with Crippen molar-refractivity contribution in [1.82, 2.24) is 19.6 Å². The fourth-order valence-corrected chi connectivity index (χ4v) is 5.15. The number of aromatic nitrogens is 2. The van der Waals surface area contributed by atoms with E-state index in [1.165, 1.54) is 21.9 Å². The highest BCUT2D eigenvalue weighted by Gasteiger charge is 2.42. The molecule has 0 radical (unpaired) electrons. The summed E-state index contributed by atoms with van der Waals surface area (Å²) < 4.78 is 1.44. The molecular formula is C20H26N4O3S. The maximum absolute atomic E-state index is 13.3. The summed E-state index contributed by atoms with van der Waals surface area (Å²) in [5.41, 5.74) is -0.170.